The van der Waals surface area contributed by atoms with Gasteiger partial charge in [-0.3, -0.25) is 0 Å². The molecule has 1 saturated heterocycles. The van der Waals surface area contributed by atoms with Gasteiger partial charge in [0.05, 0.1) is 0 Å². The predicted octanol–water partition coefficient (Wildman–Crippen LogP) is 4.02. The summed E-state index contributed by atoms with van der Waals surface area (Å²) >= 11 is 5.91. The highest BCUT2D eigenvalue weighted by Crippen LogP contribution is 2.20. The summed E-state index contributed by atoms with van der Waals surface area (Å²) in [5, 5.41) is 4.16. The Morgan fingerprint density at radius 2 is 2.09 bits per heavy atom. The molecule has 0 saturated carbocycles. The molecule has 0 amide bonds. The standard InChI is InChI=1S/C18H23ClN4/c1-14-3-2-12-23(13-14)18-21-11-9-17(22-18)20-10-8-15-4-6-16(19)7-5-15/h4-7,9,11,14H,2-3,8,10,12-13H2,1H3,(H,20,21,22). The summed E-state index contributed by atoms with van der Waals surface area (Å²) in [5.74, 6) is 2.45. The second-order valence-electron chi connectivity index (χ2n) is 6.24. The number of benzene rings is 1. The van der Waals surface area contributed by atoms with Gasteiger partial charge in [-0.2, -0.15) is 4.98 Å². The smallest absolute Gasteiger partial charge is 0.227 e. The van der Waals surface area contributed by atoms with E-state index in [4.69, 9.17) is 11.6 Å². The van der Waals surface area contributed by atoms with E-state index in [1.165, 1.54) is 18.4 Å². The van der Waals surface area contributed by atoms with E-state index >= 15 is 0 Å². The van der Waals surface area contributed by atoms with E-state index in [1.807, 2.05) is 24.4 Å². The van der Waals surface area contributed by atoms with Gasteiger partial charge in [-0.25, -0.2) is 4.98 Å². The topological polar surface area (TPSA) is 41.1 Å². The van der Waals surface area contributed by atoms with Crippen LogP contribution >= 0.6 is 11.6 Å². The normalized spacial score (nSPS) is 18.0. The maximum atomic E-state index is 5.91. The van der Waals surface area contributed by atoms with Gasteiger partial charge in [0.25, 0.3) is 0 Å². The van der Waals surface area contributed by atoms with Crippen LogP contribution in [0.5, 0.6) is 0 Å². The number of rotatable bonds is 5. The van der Waals surface area contributed by atoms with Crippen LogP contribution in [0, 0.1) is 5.92 Å². The Morgan fingerprint density at radius 1 is 1.26 bits per heavy atom. The average Bonchev–Trinajstić information content (AvgIpc) is 2.57. The first-order valence-corrected chi connectivity index (χ1v) is 8.65. The number of aromatic nitrogens is 2. The fourth-order valence-electron chi connectivity index (χ4n) is 2.96. The van der Waals surface area contributed by atoms with Crippen molar-refractivity contribution >= 4 is 23.4 Å². The van der Waals surface area contributed by atoms with E-state index in [-0.39, 0.29) is 0 Å². The van der Waals surface area contributed by atoms with Crippen LogP contribution in [0.1, 0.15) is 25.3 Å². The Hall–Kier alpha value is -1.81. The molecular formula is C18H23ClN4. The summed E-state index contributed by atoms with van der Waals surface area (Å²) in [6.07, 6.45) is 5.30. The molecule has 1 aliphatic heterocycles. The molecule has 1 aromatic heterocycles. The molecule has 1 aliphatic rings. The Morgan fingerprint density at radius 3 is 2.87 bits per heavy atom. The number of anilines is 2. The lowest BCUT2D eigenvalue weighted by Crippen LogP contribution is -2.35. The van der Waals surface area contributed by atoms with E-state index < -0.39 is 0 Å². The summed E-state index contributed by atoms with van der Waals surface area (Å²) in [5.41, 5.74) is 1.26. The first-order chi connectivity index (χ1) is 11.2. The maximum Gasteiger partial charge on any atom is 0.227 e. The Bertz CT molecular complexity index is 629. The molecule has 0 aliphatic carbocycles. The molecule has 1 N–H and O–H groups in total. The maximum absolute atomic E-state index is 5.91. The lowest BCUT2D eigenvalue weighted by molar-refractivity contribution is 0.442. The molecule has 1 aromatic carbocycles. The van der Waals surface area contributed by atoms with Crippen LogP contribution in [0.2, 0.25) is 5.02 Å². The van der Waals surface area contributed by atoms with Gasteiger partial charge >= 0.3 is 0 Å². The lowest BCUT2D eigenvalue weighted by Gasteiger charge is -2.30. The van der Waals surface area contributed by atoms with Crippen LogP contribution in [0.4, 0.5) is 11.8 Å². The van der Waals surface area contributed by atoms with Gasteiger partial charge < -0.3 is 10.2 Å². The summed E-state index contributed by atoms with van der Waals surface area (Å²) in [6.45, 7) is 5.24. The molecule has 4 nitrogen and oxygen atoms in total. The first-order valence-electron chi connectivity index (χ1n) is 8.27. The van der Waals surface area contributed by atoms with Crippen molar-refractivity contribution in [1.29, 1.82) is 0 Å². The van der Waals surface area contributed by atoms with Gasteiger partial charge in [0.15, 0.2) is 0 Å². The highest BCUT2D eigenvalue weighted by molar-refractivity contribution is 6.30. The van der Waals surface area contributed by atoms with Crippen molar-refractivity contribution in [2.45, 2.75) is 26.2 Å². The monoisotopic (exact) mass is 330 g/mol. The molecule has 0 spiro atoms. The van der Waals surface area contributed by atoms with Crippen LogP contribution in [-0.4, -0.2) is 29.6 Å². The molecular weight excluding hydrogens is 308 g/mol. The molecule has 1 unspecified atom stereocenters. The van der Waals surface area contributed by atoms with E-state index in [9.17, 15) is 0 Å². The van der Waals surface area contributed by atoms with Crippen LogP contribution in [0.3, 0.4) is 0 Å². The summed E-state index contributed by atoms with van der Waals surface area (Å²) in [7, 11) is 0. The Balaban J connectivity index is 1.56. The van der Waals surface area contributed by atoms with E-state index in [1.54, 1.807) is 0 Å². The zero-order valence-electron chi connectivity index (χ0n) is 13.5. The van der Waals surface area contributed by atoms with Gasteiger partial charge in [0.2, 0.25) is 5.95 Å². The zero-order valence-corrected chi connectivity index (χ0v) is 14.3. The van der Waals surface area contributed by atoms with Crippen LogP contribution in [0.25, 0.3) is 0 Å². The summed E-state index contributed by atoms with van der Waals surface area (Å²) < 4.78 is 0. The molecule has 1 fully saturated rings. The minimum absolute atomic E-state index is 0.717. The quantitative estimate of drug-likeness (QED) is 0.899. The van der Waals surface area contributed by atoms with Crippen LogP contribution < -0.4 is 10.2 Å². The number of hydrogen-bond acceptors (Lipinski definition) is 4. The minimum Gasteiger partial charge on any atom is -0.370 e. The van der Waals surface area contributed by atoms with Crippen molar-refractivity contribution < 1.29 is 0 Å². The third-order valence-electron chi connectivity index (χ3n) is 4.22. The third-order valence-corrected chi connectivity index (χ3v) is 4.47. The van der Waals surface area contributed by atoms with E-state index in [0.717, 1.165) is 42.8 Å². The van der Waals surface area contributed by atoms with E-state index in [0.29, 0.717) is 5.92 Å². The fourth-order valence-corrected chi connectivity index (χ4v) is 3.08. The number of piperidine rings is 1. The van der Waals surface area contributed by atoms with Crippen molar-refractivity contribution in [3.05, 3.63) is 47.1 Å². The molecule has 2 heterocycles. The minimum atomic E-state index is 0.717. The third kappa shape index (κ3) is 4.58. The highest BCUT2D eigenvalue weighted by Gasteiger charge is 2.18. The SMILES string of the molecule is CC1CCCN(c2nccc(NCCc3ccc(Cl)cc3)n2)C1. The number of nitrogens with one attached hydrogen (secondary N) is 1. The van der Waals surface area contributed by atoms with Gasteiger partial charge in [-0.05, 0) is 48.9 Å². The molecule has 2 aromatic rings. The van der Waals surface area contributed by atoms with Gasteiger partial charge in [-0.15, -0.1) is 0 Å². The molecule has 1 atom stereocenters. The second-order valence-corrected chi connectivity index (χ2v) is 6.67. The molecule has 3 rings (SSSR count). The molecule has 23 heavy (non-hydrogen) atoms. The highest BCUT2D eigenvalue weighted by atomic mass is 35.5. The second kappa shape index (κ2) is 7.64. The molecule has 0 radical (unpaired) electrons. The molecule has 5 heteroatoms. The van der Waals surface area contributed by atoms with Crippen LogP contribution in [-0.2, 0) is 6.42 Å². The number of hydrogen-bond donors (Lipinski definition) is 1. The first kappa shape index (κ1) is 16.1. The predicted molar refractivity (Wildman–Crippen MR) is 96.3 cm³/mol. The molecule has 0 bridgehead atoms. The number of halogens is 1. The Labute approximate surface area is 142 Å². The van der Waals surface area contributed by atoms with Crippen molar-refractivity contribution in [1.82, 2.24) is 9.97 Å². The Kier molecular flexibility index (Phi) is 5.34. The van der Waals surface area contributed by atoms with Gasteiger partial charge in [0, 0.05) is 30.9 Å². The molecule has 122 valence electrons. The van der Waals surface area contributed by atoms with Crippen molar-refractivity contribution in [2.75, 3.05) is 29.9 Å². The van der Waals surface area contributed by atoms with Crippen molar-refractivity contribution in [3.8, 4) is 0 Å². The lowest BCUT2D eigenvalue weighted by atomic mass is 10.0. The van der Waals surface area contributed by atoms with E-state index in [2.05, 4.69) is 39.2 Å². The van der Waals surface area contributed by atoms with Gasteiger partial charge in [0.1, 0.15) is 5.82 Å². The van der Waals surface area contributed by atoms with Crippen molar-refractivity contribution in [2.24, 2.45) is 5.92 Å². The summed E-state index contributed by atoms with van der Waals surface area (Å²) in [4.78, 5) is 11.4. The number of nitrogens with zero attached hydrogens (tertiary/aromatic N) is 3. The average molecular weight is 331 g/mol. The van der Waals surface area contributed by atoms with Crippen molar-refractivity contribution in [3.63, 3.8) is 0 Å². The fraction of sp³-hybridized carbons (Fsp3) is 0.444. The zero-order chi connectivity index (χ0) is 16.1. The largest absolute Gasteiger partial charge is 0.370 e. The summed E-state index contributed by atoms with van der Waals surface area (Å²) in [6, 6.07) is 9.90. The van der Waals surface area contributed by atoms with Gasteiger partial charge in [-0.1, -0.05) is 30.7 Å². The van der Waals surface area contributed by atoms with Crippen LogP contribution in [0.15, 0.2) is 36.5 Å².